The number of aromatic nitrogens is 2. The number of para-hydroxylation sites is 2. The van der Waals surface area contributed by atoms with E-state index in [0.717, 1.165) is 11.0 Å². The van der Waals surface area contributed by atoms with E-state index in [9.17, 15) is 4.79 Å². The van der Waals surface area contributed by atoms with Gasteiger partial charge in [0.25, 0.3) is 5.56 Å². The largest absolute Gasteiger partial charge is 0.319 e. The maximum atomic E-state index is 11.3. The second kappa shape index (κ2) is 3.18. The van der Waals surface area contributed by atoms with Crippen LogP contribution >= 0.6 is 11.6 Å². The van der Waals surface area contributed by atoms with Crippen LogP contribution in [0.2, 0.25) is 0 Å². The van der Waals surface area contributed by atoms with Gasteiger partial charge in [0.2, 0.25) is 0 Å². The SMILES string of the molecule is O=c1[nH]c2ccccc2nc1CCl. The van der Waals surface area contributed by atoms with Crippen molar-refractivity contribution in [2.24, 2.45) is 0 Å². The molecule has 0 radical (unpaired) electrons. The molecule has 0 saturated heterocycles. The summed E-state index contributed by atoms with van der Waals surface area (Å²) >= 11 is 5.55. The predicted octanol–water partition coefficient (Wildman–Crippen LogP) is 1.66. The molecule has 1 aromatic heterocycles. The molecule has 0 atom stereocenters. The van der Waals surface area contributed by atoms with Crippen molar-refractivity contribution in [3.63, 3.8) is 0 Å². The molecule has 0 unspecified atom stereocenters. The van der Waals surface area contributed by atoms with E-state index < -0.39 is 0 Å². The molecule has 13 heavy (non-hydrogen) atoms. The van der Waals surface area contributed by atoms with Gasteiger partial charge in [0.15, 0.2) is 0 Å². The van der Waals surface area contributed by atoms with Crippen LogP contribution < -0.4 is 5.56 Å². The van der Waals surface area contributed by atoms with Gasteiger partial charge in [-0.2, -0.15) is 0 Å². The zero-order valence-corrected chi connectivity index (χ0v) is 7.51. The predicted molar refractivity (Wildman–Crippen MR) is 51.9 cm³/mol. The van der Waals surface area contributed by atoms with E-state index in [1.807, 2.05) is 24.3 Å². The van der Waals surface area contributed by atoms with Crippen LogP contribution in [-0.4, -0.2) is 9.97 Å². The van der Waals surface area contributed by atoms with Crippen molar-refractivity contribution in [2.75, 3.05) is 0 Å². The van der Waals surface area contributed by atoms with Crippen molar-refractivity contribution in [3.05, 3.63) is 40.3 Å². The molecular weight excluding hydrogens is 188 g/mol. The van der Waals surface area contributed by atoms with Crippen molar-refractivity contribution in [1.82, 2.24) is 9.97 Å². The van der Waals surface area contributed by atoms with Crippen molar-refractivity contribution in [1.29, 1.82) is 0 Å². The van der Waals surface area contributed by atoms with Crippen molar-refractivity contribution < 1.29 is 0 Å². The normalized spacial score (nSPS) is 10.5. The topological polar surface area (TPSA) is 45.8 Å². The average molecular weight is 195 g/mol. The van der Waals surface area contributed by atoms with Gasteiger partial charge in [-0.05, 0) is 12.1 Å². The molecule has 0 aliphatic carbocycles. The summed E-state index contributed by atoms with van der Waals surface area (Å²) in [6, 6.07) is 7.36. The summed E-state index contributed by atoms with van der Waals surface area (Å²) in [4.78, 5) is 18.1. The van der Waals surface area contributed by atoms with Crippen LogP contribution in [0.4, 0.5) is 0 Å². The summed E-state index contributed by atoms with van der Waals surface area (Å²) in [5.41, 5.74) is 1.65. The number of fused-ring (bicyclic) bond motifs is 1. The van der Waals surface area contributed by atoms with Gasteiger partial charge in [0, 0.05) is 0 Å². The van der Waals surface area contributed by atoms with Crippen LogP contribution in [-0.2, 0) is 5.88 Å². The van der Waals surface area contributed by atoms with Crippen LogP contribution in [0.5, 0.6) is 0 Å². The second-order valence-electron chi connectivity index (χ2n) is 2.66. The number of hydrogen-bond acceptors (Lipinski definition) is 2. The quantitative estimate of drug-likeness (QED) is 0.702. The Balaban J connectivity index is 2.81. The van der Waals surface area contributed by atoms with Crippen LogP contribution in [0.3, 0.4) is 0 Å². The summed E-state index contributed by atoms with van der Waals surface area (Å²) in [5, 5.41) is 0. The van der Waals surface area contributed by atoms with E-state index in [4.69, 9.17) is 11.6 Å². The molecule has 0 aliphatic rings. The first kappa shape index (κ1) is 8.26. The average Bonchev–Trinajstić information content (AvgIpc) is 2.17. The van der Waals surface area contributed by atoms with Gasteiger partial charge in [-0.15, -0.1) is 11.6 Å². The van der Waals surface area contributed by atoms with E-state index in [1.54, 1.807) is 0 Å². The number of aromatic amines is 1. The van der Waals surface area contributed by atoms with Crippen molar-refractivity contribution in [3.8, 4) is 0 Å². The molecule has 4 heteroatoms. The van der Waals surface area contributed by atoms with Crippen molar-refractivity contribution in [2.45, 2.75) is 5.88 Å². The van der Waals surface area contributed by atoms with Crippen LogP contribution in [0.1, 0.15) is 5.69 Å². The fraction of sp³-hybridized carbons (Fsp3) is 0.111. The van der Waals surface area contributed by atoms with Crippen LogP contribution in [0.25, 0.3) is 11.0 Å². The first-order chi connectivity index (χ1) is 6.31. The van der Waals surface area contributed by atoms with E-state index in [2.05, 4.69) is 9.97 Å². The molecule has 0 fully saturated rings. The molecular formula is C9H7ClN2O. The number of nitrogens with zero attached hydrogens (tertiary/aromatic N) is 1. The van der Waals surface area contributed by atoms with E-state index in [-0.39, 0.29) is 11.4 Å². The molecule has 66 valence electrons. The fourth-order valence-corrected chi connectivity index (χ4v) is 1.34. The van der Waals surface area contributed by atoms with Crippen LogP contribution in [0, 0.1) is 0 Å². The molecule has 0 aliphatic heterocycles. The van der Waals surface area contributed by atoms with Crippen LogP contribution in [0.15, 0.2) is 29.1 Å². The minimum absolute atomic E-state index is 0.139. The first-order valence-corrected chi connectivity index (χ1v) is 4.38. The molecule has 2 aromatic rings. The van der Waals surface area contributed by atoms with Crippen molar-refractivity contribution >= 4 is 22.6 Å². The first-order valence-electron chi connectivity index (χ1n) is 3.85. The molecule has 0 bridgehead atoms. The highest BCUT2D eigenvalue weighted by atomic mass is 35.5. The lowest BCUT2D eigenvalue weighted by molar-refractivity contribution is 1.10. The third-order valence-corrected chi connectivity index (χ3v) is 2.05. The molecule has 1 heterocycles. The van der Waals surface area contributed by atoms with Gasteiger partial charge in [-0.1, -0.05) is 12.1 Å². The monoisotopic (exact) mass is 194 g/mol. The number of rotatable bonds is 1. The number of halogens is 1. The van der Waals surface area contributed by atoms with Gasteiger partial charge in [-0.3, -0.25) is 4.79 Å². The summed E-state index contributed by atoms with van der Waals surface area (Å²) in [7, 11) is 0. The maximum Gasteiger partial charge on any atom is 0.271 e. The highest BCUT2D eigenvalue weighted by Gasteiger charge is 2.01. The Bertz CT molecular complexity index is 492. The second-order valence-corrected chi connectivity index (χ2v) is 2.93. The fourth-order valence-electron chi connectivity index (χ4n) is 1.16. The number of alkyl halides is 1. The number of nitrogens with one attached hydrogen (secondary N) is 1. The number of H-pyrrole nitrogens is 1. The molecule has 0 saturated carbocycles. The lowest BCUT2D eigenvalue weighted by atomic mass is 10.3. The third kappa shape index (κ3) is 1.42. The zero-order chi connectivity index (χ0) is 9.26. The number of hydrogen-bond donors (Lipinski definition) is 1. The Morgan fingerprint density at radius 3 is 2.92 bits per heavy atom. The zero-order valence-electron chi connectivity index (χ0n) is 6.75. The maximum absolute atomic E-state index is 11.3. The molecule has 1 aromatic carbocycles. The standard InChI is InChI=1S/C9H7ClN2O/c10-5-8-9(13)12-7-4-2-1-3-6(7)11-8/h1-4H,5H2,(H,12,13). The summed E-state index contributed by atoms with van der Waals surface area (Å²) in [6.07, 6.45) is 0. The minimum Gasteiger partial charge on any atom is -0.319 e. The Kier molecular flexibility index (Phi) is 2.02. The van der Waals surface area contributed by atoms with E-state index >= 15 is 0 Å². The lowest BCUT2D eigenvalue weighted by Crippen LogP contribution is -2.13. The lowest BCUT2D eigenvalue weighted by Gasteiger charge is -1.97. The van der Waals surface area contributed by atoms with Gasteiger partial charge < -0.3 is 4.98 Å². The van der Waals surface area contributed by atoms with Gasteiger partial charge in [-0.25, -0.2) is 4.98 Å². The summed E-state index contributed by atoms with van der Waals surface area (Å²) < 4.78 is 0. The van der Waals surface area contributed by atoms with Gasteiger partial charge >= 0.3 is 0 Å². The Morgan fingerprint density at radius 1 is 1.38 bits per heavy atom. The Hall–Kier alpha value is -1.35. The third-order valence-electron chi connectivity index (χ3n) is 1.80. The molecule has 1 N–H and O–H groups in total. The smallest absolute Gasteiger partial charge is 0.271 e. The Morgan fingerprint density at radius 2 is 2.15 bits per heavy atom. The van der Waals surface area contributed by atoms with E-state index in [0.29, 0.717) is 5.69 Å². The molecule has 0 spiro atoms. The molecule has 0 amide bonds. The summed E-state index contributed by atoms with van der Waals surface area (Å²) in [5.74, 6) is 0.139. The summed E-state index contributed by atoms with van der Waals surface area (Å²) in [6.45, 7) is 0. The Labute approximate surface area is 79.4 Å². The van der Waals surface area contributed by atoms with Gasteiger partial charge in [0.1, 0.15) is 5.69 Å². The molecule has 2 rings (SSSR count). The van der Waals surface area contributed by atoms with Gasteiger partial charge in [0.05, 0.1) is 16.9 Å². The highest BCUT2D eigenvalue weighted by molar-refractivity contribution is 6.16. The highest BCUT2D eigenvalue weighted by Crippen LogP contribution is 2.06. The minimum atomic E-state index is -0.214. The molecule has 3 nitrogen and oxygen atoms in total. The van der Waals surface area contributed by atoms with E-state index in [1.165, 1.54) is 0 Å². The number of benzene rings is 1.